The highest BCUT2D eigenvalue weighted by Gasteiger charge is 2.29. The SMILES string of the molecule is COC1CC(NC(N)=NC2CCCCC2)C1. The number of nitrogens with two attached hydrogens (primary N) is 1. The Morgan fingerprint density at radius 2 is 1.94 bits per heavy atom. The van der Waals surface area contributed by atoms with E-state index in [1.807, 2.05) is 0 Å². The van der Waals surface area contributed by atoms with Crippen LogP contribution in [0.15, 0.2) is 4.99 Å². The van der Waals surface area contributed by atoms with Crippen molar-refractivity contribution in [3.05, 3.63) is 0 Å². The molecule has 0 aromatic rings. The third kappa shape index (κ3) is 3.11. The van der Waals surface area contributed by atoms with Crippen LogP contribution in [0.3, 0.4) is 0 Å². The average Bonchev–Trinajstić information content (AvgIpc) is 2.24. The van der Waals surface area contributed by atoms with Crippen LogP contribution in [0.5, 0.6) is 0 Å². The second-order valence-electron chi connectivity index (χ2n) is 4.98. The third-order valence-electron chi connectivity index (χ3n) is 3.68. The molecule has 0 unspecified atom stereocenters. The summed E-state index contributed by atoms with van der Waals surface area (Å²) in [6, 6.07) is 0.928. The number of nitrogens with one attached hydrogen (secondary N) is 1. The molecule has 16 heavy (non-hydrogen) atoms. The normalized spacial score (nSPS) is 32.2. The average molecular weight is 225 g/mol. The highest BCUT2D eigenvalue weighted by atomic mass is 16.5. The second kappa shape index (κ2) is 5.53. The van der Waals surface area contributed by atoms with E-state index < -0.39 is 0 Å². The number of rotatable bonds is 3. The molecule has 0 aromatic heterocycles. The summed E-state index contributed by atoms with van der Waals surface area (Å²) in [6.07, 6.45) is 8.89. The summed E-state index contributed by atoms with van der Waals surface area (Å²) >= 11 is 0. The molecule has 0 aliphatic heterocycles. The lowest BCUT2D eigenvalue weighted by Gasteiger charge is -2.35. The van der Waals surface area contributed by atoms with E-state index in [0.717, 1.165) is 12.8 Å². The number of guanidine groups is 1. The number of methoxy groups -OCH3 is 1. The Labute approximate surface area is 97.6 Å². The molecule has 2 rings (SSSR count). The molecule has 0 heterocycles. The lowest BCUT2D eigenvalue weighted by Crippen LogP contribution is -2.50. The summed E-state index contributed by atoms with van der Waals surface area (Å²) in [4.78, 5) is 4.55. The van der Waals surface area contributed by atoms with Gasteiger partial charge in [-0.05, 0) is 25.7 Å². The van der Waals surface area contributed by atoms with Crippen molar-refractivity contribution < 1.29 is 4.74 Å². The molecule has 4 heteroatoms. The Morgan fingerprint density at radius 1 is 1.25 bits per heavy atom. The minimum Gasteiger partial charge on any atom is -0.381 e. The Morgan fingerprint density at radius 3 is 2.56 bits per heavy atom. The van der Waals surface area contributed by atoms with Crippen molar-refractivity contribution in [3.8, 4) is 0 Å². The molecule has 0 saturated heterocycles. The molecule has 2 aliphatic carbocycles. The highest BCUT2D eigenvalue weighted by Crippen LogP contribution is 2.23. The van der Waals surface area contributed by atoms with Crippen molar-refractivity contribution in [1.82, 2.24) is 5.32 Å². The van der Waals surface area contributed by atoms with Gasteiger partial charge in [0.1, 0.15) is 0 Å². The van der Waals surface area contributed by atoms with Crippen LogP contribution in [0.1, 0.15) is 44.9 Å². The second-order valence-corrected chi connectivity index (χ2v) is 4.98. The van der Waals surface area contributed by atoms with E-state index in [9.17, 15) is 0 Å². The van der Waals surface area contributed by atoms with Crippen molar-refractivity contribution in [2.24, 2.45) is 10.7 Å². The summed E-state index contributed by atoms with van der Waals surface area (Å²) < 4.78 is 5.23. The summed E-state index contributed by atoms with van der Waals surface area (Å²) in [6.45, 7) is 0. The van der Waals surface area contributed by atoms with Crippen molar-refractivity contribution >= 4 is 5.96 Å². The largest absolute Gasteiger partial charge is 0.381 e. The van der Waals surface area contributed by atoms with Crippen LogP contribution >= 0.6 is 0 Å². The van der Waals surface area contributed by atoms with Crippen LogP contribution < -0.4 is 11.1 Å². The van der Waals surface area contributed by atoms with Crippen LogP contribution in [0.25, 0.3) is 0 Å². The van der Waals surface area contributed by atoms with E-state index in [4.69, 9.17) is 10.5 Å². The van der Waals surface area contributed by atoms with E-state index in [2.05, 4.69) is 10.3 Å². The maximum atomic E-state index is 5.90. The zero-order valence-corrected chi connectivity index (χ0v) is 10.1. The van der Waals surface area contributed by atoms with Gasteiger partial charge in [0.25, 0.3) is 0 Å². The van der Waals surface area contributed by atoms with E-state index in [1.54, 1.807) is 7.11 Å². The molecule has 0 atom stereocenters. The summed E-state index contributed by atoms with van der Waals surface area (Å²) in [7, 11) is 1.76. The number of ether oxygens (including phenoxy) is 1. The van der Waals surface area contributed by atoms with Crippen LogP contribution in [-0.4, -0.2) is 31.3 Å². The standard InChI is InChI=1S/C12H23N3O/c1-16-11-7-10(8-11)15-12(13)14-9-5-3-2-4-6-9/h9-11H,2-8H2,1H3,(H3,13,14,15). The molecule has 0 spiro atoms. The third-order valence-corrected chi connectivity index (χ3v) is 3.68. The topological polar surface area (TPSA) is 59.6 Å². The quantitative estimate of drug-likeness (QED) is 0.564. The van der Waals surface area contributed by atoms with Gasteiger partial charge in [-0.2, -0.15) is 0 Å². The molecule has 2 fully saturated rings. The fraction of sp³-hybridized carbons (Fsp3) is 0.917. The van der Waals surface area contributed by atoms with Crippen LogP contribution in [-0.2, 0) is 4.74 Å². The van der Waals surface area contributed by atoms with E-state index >= 15 is 0 Å². The Hall–Kier alpha value is -0.770. The lowest BCUT2D eigenvalue weighted by atomic mass is 9.89. The molecule has 2 aliphatic rings. The maximum absolute atomic E-state index is 5.90. The molecule has 92 valence electrons. The first-order valence-electron chi connectivity index (χ1n) is 6.40. The zero-order valence-electron chi connectivity index (χ0n) is 10.1. The van der Waals surface area contributed by atoms with Crippen LogP contribution in [0.2, 0.25) is 0 Å². The van der Waals surface area contributed by atoms with Gasteiger partial charge < -0.3 is 15.8 Å². The molecular formula is C12H23N3O. The first kappa shape index (κ1) is 11.7. The highest BCUT2D eigenvalue weighted by molar-refractivity contribution is 5.78. The van der Waals surface area contributed by atoms with Gasteiger partial charge in [0.05, 0.1) is 12.1 Å². The molecule has 0 radical (unpaired) electrons. The van der Waals surface area contributed by atoms with Gasteiger partial charge in [0.15, 0.2) is 5.96 Å². The first-order valence-corrected chi connectivity index (χ1v) is 6.40. The first-order chi connectivity index (χ1) is 7.78. The number of aliphatic imine (C=N–C) groups is 1. The molecule has 0 bridgehead atoms. The van der Waals surface area contributed by atoms with Gasteiger partial charge in [-0.15, -0.1) is 0 Å². The summed E-state index contributed by atoms with van der Waals surface area (Å²) in [5.41, 5.74) is 5.90. The van der Waals surface area contributed by atoms with Gasteiger partial charge in [-0.3, -0.25) is 4.99 Å². The summed E-state index contributed by atoms with van der Waals surface area (Å²) in [5.74, 6) is 0.631. The monoisotopic (exact) mass is 225 g/mol. The van der Waals surface area contributed by atoms with E-state index in [0.29, 0.717) is 24.1 Å². The Balaban J connectivity index is 1.70. The Bertz CT molecular complexity index is 243. The molecule has 0 aromatic carbocycles. The molecule has 3 N–H and O–H groups in total. The molecular weight excluding hydrogens is 202 g/mol. The fourth-order valence-electron chi connectivity index (χ4n) is 2.53. The molecule has 0 amide bonds. The number of hydrogen-bond acceptors (Lipinski definition) is 2. The maximum Gasteiger partial charge on any atom is 0.189 e. The zero-order chi connectivity index (χ0) is 11.4. The molecule has 4 nitrogen and oxygen atoms in total. The predicted molar refractivity (Wildman–Crippen MR) is 65.5 cm³/mol. The number of nitrogens with zero attached hydrogens (tertiary/aromatic N) is 1. The smallest absolute Gasteiger partial charge is 0.189 e. The van der Waals surface area contributed by atoms with Gasteiger partial charge in [0.2, 0.25) is 0 Å². The molecule has 2 saturated carbocycles. The van der Waals surface area contributed by atoms with Crippen molar-refractivity contribution in [2.75, 3.05) is 7.11 Å². The lowest BCUT2D eigenvalue weighted by molar-refractivity contribution is 0.0225. The van der Waals surface area contributed by atoms with Gasteiger partial charge in [0, 0.05) is 13.2 Å². The van der Waals surface area contributed by atoms with Gasteiger partial charge in [-0.25, -0.2) is 0 Å². The number of hydrogen-bond donors (Lipinski definition) is 2. The van der Waals surface area contributed by atoms with Crippen molar-refractivity contribution in [3.63, 3.8) is 0 Å². The Kier molecular flexibility index (Phi) is 4.04. The van der Waals surface area contributed by atoms with Gasteiger partial charge in [-0.1, -0.05) is 19.3 Å². The van der Waals surface area contributed by atoms with E-state index in [1.165, 1.54) is 32.1 Å². The van der Waals surface area contributed by atoms with Crippen molar-refractivity contribution in [2.45, 2.75) is 63.1 Å². The predicted octanol–water partition coefficient (Wildman–Crippen LogP) is 1.40. The minimum atomic E-state index is 0.417. The fourth-order valence-corrected chi connectivity index (χ4v) is 2.53. The van der Waals surface area contributed by atoms with E-state index in [-0.39, 0.29) is 0 Å². The van der Waals surface area contributed by atoms with Gasteiger partial charge >= 0.3 is 0 Å². The summed E-state index contributed by atoms with van der Waals surface area (Å²) in [5, 5.41) is 3.28. The van der Waals surface area contributed by atoms with Crippen LogP contribution in [0, 0.1) is 0 Å². The van der Waals surface area contributed by atoms with Crippen molar-refractivity contribution in [1.29, 1.82) is 0 Å². The minimum absolute atomic E-state index is 0.417. The van der Waals surface area contributed by atoms with Crippen LogP contribution in [0.4, 0.5) is 0 Å².